The van der Waals surface area contributed by atoms with Gasteiger partial charge in [0, 0.05) is 10.4 Å². The van der Waals surface area contributed by atoms with Crippen LogP contribution >= 0.6 is 23.2 Å². The second kappa shape index (κ2) is 5.29. The lowest BCUT2D eigenvalue weighted by Gasteiger charge is -2.02. The molecule has 0 N–H and O–H groups in total. The van der Waals surface area contributed by atoms with Crippen LogP contribution in [0.25, 0.3) is 10.9 Å². The van der Waals surface area contributed by atoms with Crippen LogP contribution in [0.4, 0.5) is 0 Å². The molecule has 0 aliphatic rings. The van der Waals surface area contributed by atoms with Crippen molar-refractivity contribution in [2.75, 3.05) is 0 Å². The fraction of sp³-hybridized carbons (Fsp3) is 0.273. The van der Waals surface area contributed by atoms with Gasteiger partial charge in [-0.05, 0) is 24.6 Å². The van der Waals surface area contributed by atoms with E-state index in [4.69, 9.17) is 23.2 Å². The van der Waals surface area contributed by atoms with Gasteiger partial charge in [0.2, 0.25) is 0 Å². The highest BCUT2D eigenvalue weighted by molar-refractivity contribution is 6.35. The summed E-state index contributed by atoms with van der Waals surface area (Å²) in [4.78, 5) is 8.01. The molecular weight excluding hydrogens is 231 g/mol. The van der Waals surface area contributed by atoms with E-state index in [0.29, 0.717) is 10.2 Å². The Hall–Kier alpha value is -0.860. The maximum absolute atomic E-state index is 5.89. The highest BCUT2D eigenvalue weighted by atomic mass is 35.5. The summed E-state index contributed by atoms with van der Waals surface area (Å²) in [7, 11) is 0. The van der Waals surface area contributed by atoms with E-state index in [0.717, 1.165) is 16.5 Å². The van der Waals surface area contributed by atoms with Gasteiger partial charge in [-0.2, -0.15) is 0 Å². The molecule has 4 heteroatoms. The van der Waals surface area contributed by atoms with E-state index in [9.17, 15) is 0 Å². The molecule has 0 radical (unpaired) electrons. The second-order valence-electron chi connectivity index (χ2n) is 2.78. The van der Waals surface area contributed by atoms with E-state index in [1.165, 1.54) is 6.33 Å². The number of benzene rings is 1. The molecule has 1 heterocycles. The molecule has 0 aliphatic heterocycles. The van der Waals surface area contributed by atoms with Crippen molar-refractivity contribution >= 4 is 34.1 Å². The van der Waals surface area contributed by atoms with Crippen molar-refractivity contribution in [1.82, 2.24) is 9.97 Å². The third-order valence-electron chi connectivity index (χ3n) is 1.85. The Bertz CT molecular complexity index is 469. The molecule has 0 amide bonds. The number of aryl methyl sites for hydroxylation is 1. The van der Waals surface area contributed by atoms with E-state index in [-0.39, 0.29) is 0 Å². The first-order chi connectivity index (χ1) is 7.18. The lowest BCUT2D eigenvalue weighted by molar-refractivity contribution is 1.21. The lowest BCUT2D eigenvalue weighted by atomic mass is 10.1. The van der Waals surface area contributed by atoms with Crippen molar-refractivity contribution in [2.24, 2.45) is 0 Å². The van der Waals surface area contributed by atoms with Crippen molar-refractivity contribution in [3.8, 4) is 0 Å². The second-order valence-corrected chi connectivity index (χ2v) is 3.58. The number of aromatic nitrogens is 2. The van der Waals surface area contributed by atoms with Crippen LogP contribution in [-0.2, 0) is 0 Å². The third-order valence-corrected chi connectivity index (χ3v) is 2.36. The largest absolute Gasteiger partial charge is 0.236 e. The highest BCUT2D eigenvalue weighted by Gasteiger charge is 2.04. The fourth-order valence-corrected chi connectivity index (χ4v) is 1.73. The van der Waals surface area contributed by atoms with Gasteiger partial charge in [0.25, 0.3) is 0 Å². The zero-order chi connectivity index (χ0) is 11.4. The van der Waals surface area contributed by atoms with Crippen molar-refractivity contribution in [1.29, 1.82) is 0 Å². The molecule has 2 aromatic rings. The van der Waals surface area contributed by atoms with Gasteiger partial charge in [0.1, 0.15) is 11.5 Å². The lowest BCUT2D eigenvalue weighted by Crippen LogP contribution is -1.86. The smallest absolute Gasteiger partial charge is 0.140 e. The van der Waals surface area contributed by atoms with Crippen LogP contribution in [0.3, 0.4) is 0 Å². The summed E-state index contributed by atoms with van der Waals surface area (Å²) in [6.07, 6.45) is 1.45. The maximum atomic E-state index is 5.89. The third kappa shape index (κ3) is 2.58. The molecule has 15 heavy (non-hydrogen) atoms. The molecule has 0 unspecified atom stereocenters. The summed E-state index contributed by atoms with van der Waals surface area (Å²) in [6, 6.07) is 3.62. The first-order valence-electron chi connectivity index (χ1n) is 4.75. The maximum Gasteiger partial charge on any atom is 0.140 e. The van der Waals surface area contributed by atoms with E-state index >= 15 is 0 Å². The molecule has 0 saturated carbocycles. The number of rotatable bonds is 0. The number of nitrogens with zero attached hydrogens (tertiary/aromatic N) is 2. The van der Waals surface area contributed by atoms with Gasteiger partial charge in [-0.15, -0.1) is 0 Å². The molecule has 0 spiro atoms. The predicted octanol–water partition coefficient (Wildman–Crippen LogP) is 4.27. The van der Waals surface area contributed by atoms with Gasteiger partial charge in [-0.1, -0.05) is 37.0 Å². The molecule has 1 aromatic carbocycles. The average Bonchev–Trinajstić information content (AvgIpc) is 2.23. The molecule has 0 saturated heterocycles. The summed E-state index contributed by atoms with van der Waals surface area (Å²) in [5.41, 5.74) is 1.86. The van der Waals surface area contributed by atoms with Crippen LogP contribution in [0, 0.1) is 6.92 Å². The number of hydrogen-bond acceptors (Lipinski definition) is 2. The summed E-state index contributed by atoms with van der Waals surface area (Å²) < 4.78 is 0. The zero-order valence-corrected chi connectivity index (χ0v) is 10.4. The zero-order valence-electron chi connectivity index (χ0n) is 8.88. The molecular formula is C11H12Cl2N2. The standard InChI is InChI=1S/C9H6Cl2N2.C2H6/c1-5-2-6(10)3-7-8(5)12-4-13-9(7)11;1-2/h2-4H,1H3;1-2H3. The minimum atomic E-state index is 0.440. The van der Waals surface area contributed by atoms with E-state index in [1.807, 2.05) is 26.8 Å². The summed E-state index contributed by atoms with van der Waals surface area (Å²) in [5.74, 6) is 0. The van der Waals surface area contributed by atoms with Crippen molar-refractivity contribution < 1.29 is 0 Å². The van der Waals surface area contributed by atoms with Crippen molar-refractivity contribution in [3.63, 3.8) is 0 Å². The molecule has 0 fully saturated rings. The Morgan fingerprint density at radius 1 is 1.07 bits per heavy atom. The Labute approximate surface area is 99.3 Å². The van der Waals surface area contributed by atoms with E-state index < -0.39 is 0 Å². The minimum absolute atomic E-state index is 0.440. The van der Waals surface area contributed by atoms with Gasteiger partial charge in [0.05, 0.1) is 5.52 Å². The SMILES string of the molecule is CC.Cc1cc(Cl)cc2c(Cl)ncnc12. The number of halogens is 2. The van der Waals surface area contributed by atoms with Crippen LogP contribution in [0.5, 0.6) is 0 Å². The summed E-state index contributed by atoms with van der Waals surface area (Å²) in [6.45, 7) is 5.94. The van der Waals surface area contributed by atoms with Crippen molar-refractivity contribution in [2.45, 2.75) is 20.8 Å². The molecule has 80 valence electrons. The van der Waals surface area contributed by atoms with Crippen LogP contribution in [0.15, 0.2) is 18.5 Å². The molecule has 1 aromatic heterocycles. The first-order valence-corrected chi connectivity index (χ1v) is 5.50. The van der Waals surface area contributed by atoms with Crippen LogP contribution in [0.1, 0.15) is 19.4 Å². The molecule has 0 atom stereocenters. The van der Waals surface area contributed by atoms with Crippen LogP contribution in [0.2, 0.25) is 10.2 Å². The Kier molecular flexibility index (Phi) is 4.30. The first kappa shape index (κ1) is 12.2. The minimum Gasteiger partial charge on any atom is -0.236 e. The topological polar surface area (TPSA) is 25.8 Å². The van der Waals surface area contributed by atoms with Gasteiger partial charge >= 0.3 is 0 Å². The Morgan fingerprint density at radius 2 is 1.73 bits per heavy atom. The number of fused-ring (bicyclic) bond motifs is 1. The quantitative estimate of drug-likeness (QED) is 0.645. The van der Waals surface area contributed by atoms with Crippen LogP contribution in [-0.4, -0.2) is 9.97 Å². The average molecular weight is 243 g/mol. The summed E-state index contributed by atoms with van der Waals surface area (Å²) >= 11 is 11.8. The number of hydrogen-bond donors (Lipinski definition) is 0. The highest BCUT2D eigenvalue weighted by Crippen LogP contribution is 2.25. The van der Waals surface area contributed by atoms with Gasteiger partial charge in [-0.25, -0.2) is 9.97 Å². The monoisotopic (exact) mass is 242 g/mol. The molecule has 2 rings (SSSR count). The van der Waals surface area contributed by atoms with E-state index in [2.05, 4.69) is 9.97 Å². The predicted molar refractivity (Wildman–Crippen MR) is 65.6 cm³/mol. The normalized spacial score (nSPS) is 9.67. The Morgan fingerprint density at radius 3 is 2.40 bits per heavy atom. The van der Waals surface area contributed by atoms with E-state index in [1.54, 1.807) is 6.07 Å². The van der Waals surface area contributed by atoms with Crippen molar-refractivity contribution in [3.05, 3.63) is 34.2 Å². The Balaban J connectivity index is 0.000000531. The molecule has 0 bridgehead atoms. The van der Waals surface area contributed by atoms with Gasteiger partial charge in [-0.3, -0.25) is 0 Å². The van der Waals surface area contributed by atoms with Gasteiger partial charge < -0.3 is 0 Å². The summed E-state index contributed by atoms with van der Waals surface area (Å²) in [5, 5.41) is 1.89. The van der Waals surface area contributed by atoms with Crippen LogP contribution < -0.4 is 0 Å². The molecule has 2 nitrogen and oxygen atoms in total. The fourth-order valence-electron chi connectivity index (χ4n) is 1.27. The molecule has 0 aliphatic carbocycles. The van der Waals surface area contributed by atoms with Gasteiger partial charge in [0.15, 0.2) is 0 Å².